The van der Waals surface area contributed by atoms with Crippen LogP contribution in [-0.2, 0) is 4.79 Å². The first-order valence-electron chi connectivity index (χ1n) is 6.38. The van der Waals surface area contributed by atoms with Crippen molar-refractivity contribution < 1.29 is 9.53 Å². The van der Waals surface area contributed by atoms with E-state index in [0.29, 0.717) is 10.8 Å². The van der Waals surface area contributed by atoms with Crippen LogP contribution in [0.1, 0.15) is 0 Å². The van der Waals surface area contributed by atoms with E-state index in [-0.39, 0.29) is 17.6 Å². The van der Waals surface area contributed by atoms with Crippen molar-refractivity contribution >= 4 is 72.4 Å². The number of hydrogen-bond acceptors (Lipinski definition) is 3. The number of hydrogen-bond donors (Lipinski definition) is 2. The van der Waals surface area contributed by atoms with Gasteiger partial charge in [-0.1, -0.05) is 43.5 Å². The van der Waals surface area contributed by atoms with E-state index in [1.807, 2.05) is 24.3 Å². The summed E-state index contributed by atoms with van der Waals surface area (Å²) in [6, 6.07) is 12.5. The highest BCUT2D eigenvalue weighted by Gasteiger charge is 2.08. The predicted molar refractivity (Wildman–Crippen MR) is 103 cm³/mol. The van der Waals surface area contributed by atoms with E-state index in [4.69, 9.17) is 28.6 Å². The summed E-state index contributed by atoms with van der Waals surface area (Å²) in [6.07, 6.45) is 0. The molecule has 0 spiro atoms. The Bertz CT molecular complexity index is 726. The van der Waals surface area contributed by atoms with Crippen molar-refractivity contribution in [2.24, 2.45) is 0 Å². The Morgan fingerprint density at radius 3 is 2.43 bits per heavy atom. The first kappa shape index (κ1) is 18.2. The molecule has 0 bridgehead atoms. The third kappa shape index (κ3) is 6.10. The van der Waals surface area contributed by atoms with E-state index in [0.717, 1.165) is 14.6 Å². The fraction of sp³-hybridized carbons (Fsp3) is 0.0667. The van der Waals surface area contributed by atoms with E-state index < -0.39 is 0 Å². The van der Waals surface area contributed by atoms with Gasteiger partial charge >= 0.3 is 0 Å². The smallest absolute Gasteiger partial charge is 0.264 e. The maximum Gasteiger partial charge on any atom is 0.264 e. The molecule has 0 heterocycles. The van der Waals surface area contributed by atoms with Gasteiger partial charge in [0.15, 0.2) is 11.7 Å². The van der Waals surface area contributed by atoms with E-state index in [1.54, 1.807) is 18.2 Å². The highest BCUT2D eigenvalue weighted by molar-refractivity contribution is 9.10. The van der Waals surface area contributed by atoms with Crippen LogP contribution in [0.3, 0.4) is 0 Å². The molecule has 0 aliphatic heterocycles. The van der Waals surface area contributed by atoms with Crippen molar-refractivity contribution in [3.8, 4) is 5.75 Å². The van der Waals surface area contributed by atoms with Crippen LogP contribution in [0.25, 0.3) is 0 Å². The molecule has 2 aromatic carbocycles. The number of amides is 1. The van der Waals surface area contributed by atoms with E-state index in [9.17, 15) is 4.79 Å². The number of halogens is 3. The van der Waals surface area contributed by atoms with Crippen LogP contribution in [0.2, 0.25) is 5.02 Å². The minimum absolute atomic E-state index is 0.191. The molecule has 2 rings (SSSR count). The fourth-order valence-corrected chi connectivity index (χ4v) is 2.82. The van der Waals surface area contributed by atoms with E-state index in [1.165, 1.54) is 0 Å². The van der Waals surface area contributed by atoms with Crippen molar-refractivity contribution in [2.45, 2.75) is 0 Å². The van der Waals surface area contributed by atoms with Crippen molar-refractivity contribution in [2.75, 3.05) is 11.9 Å². The van der Waals surface area contributed by atoms with Gasteiger partial charge in [-0.05, 0) is 54.7 Å². The molecule has 1 amide bonds. The monoisotopic (exact) mass is 476 g/mol. The maximum absolute atomic E-state index is 11.8. The Morgan fingerprint density at radius 1 is 1.13 bits per heavy atom. The quantitative estimate of drug-likeness (QED) is 0.623. The summed E-state index contributed by atoms with van der Waals surface area (Å²) in [5.41, 5.74) is 0.773. The van der Waals surface area contributed by atoms with Crippen molar-refractivity contribution in [3.63, 3.8) is 0 Å². The van der Waals surface area contributed by atoms with Crippen LogP contribution in [0.4, 0.5) is 5.69 Å². The summed E-state index contributed by atoms with van der Waals surface area (Å²) in [6.45, 7) is -0.191. The van der Waals surface area contributed by atoms with Gasteiger partial charge in [0.1, 0.15) is 5.75 Å². The molecule has 0 atom stereocenters. The SMILES string of the molecule is O=C(COc1ccc(Br)cc1Cl)NC(=S)Nc1ccc(Br)cc1. The lowest BCUT2D eigenvalue weighted by Crippen LogP contribution is -2.37. The fourth-order valence-electron chi connectivity index (χ4n) is 1.59. The molecule has 0 aliphatic carbocycles. The first-order chi connectivity index (χ1) is 10.9. The minimum atomic E-state index is -0.376. The molecule has 0 saturated carbocycles. The second-order valence-electron chi connectivity index (χ2n) is 4.37. The number of nitrogens with one attached hydrogen (secondary N) is 2. The summed E-state index contributed by atoms with van der Waals surface area (Å²) >= 11 is 17.7. The molecule has 23 heavy (non-hydrogen) atoms. The number of anilines is 1. The van der Waals surface area contributed by atoms with Gasteiger partial charge in [-0.25, -0.2) is 0 Å². The molecular weight excluding hydrogens is 468 g/mol. The zero-order valence-corrected chi connectivity index (χ0v) is 16.4. The summed E-state index contributed by atoms with van der Waals surface area (Å²) < 4.78 is 7.15. The highest BCUT2D eigenvalue weighted by atomic mass is 79.9. The number of thiocarbonyl (C=S) groups is 1. The minimum Gasteiger partial charge on any atom is -0.482 e. The van der Waals surface area contributed by atoms with Crippen molar-refractivity contribution in [1.29, 1.82) is 0 Å². The molecule has 0 saturated heterocycles. The average molecular weight is 479 g/mol. The third-order valence-corrected chi connectivity index (χ3v) is 4.13. The Hall–Kier alpha value is -1.15. The molecule has 8 heteroatoms. The zero-order chi connectivity index (χ0) is 16.8. The summed E-state index contributed by atoms with van der Waals surface area (Å²) in [5, 5.41) is 6.06. The summed E-state index contributed by atoms with van der Waals surface area (Å²) in [4.78, 5) is 11.8. The molecule has 2 aromatic rings. The van der Waals surface area contributed by atoms with Gasteiger partial charge in [-0.15, -0.1) is 0 Å². The third-order valence-electron chi connectivity index (χ3n) is 2.61. The Balaban J connectivity index is 1.82. The van der Waals surface area contributed by atoms with Gasteiger partial charge < -0.3 is 10.1 Å². The lowest BCUT2D eigenvalue weighted by Gasteiger charge is -2.11. The molecule has 0 aliphatic rings. The lowest BCUT2D eigenvalue weighted by atomic mass is 10.3. The molecule has 0 aromatic heterocycles. The molecule has 2 N–H and O–H groups in total. The largest absolute Gasteiger partial charge is 0.482 e. The number of benzene rings is 2. The summed E-state index contributed by atoms with van der Waals surface area (Å²) in [5.74, 6) is 0.0513. The molecular formula is C15H11Br2ClN2O2S. The predicted octanol–water partition coefficient (Wildman–Crippen LogP) is 4.76. The molecule has 4 nitrogen and oxygen atoms in total. The Kier molecular flexibility index (Phi) is 6.83. The molecule has 0 radical (unpaired) electrons. The lowest BCUT2D eigenvalue weighted by molar-refractivity contribution is -0.121. The number of carbonyl (C=O) groups excluding carboxylic acids is 1. The van der Waals surface area contributed by atoms with Crippen molar-refractivity contribution in [1.82, 2.24) is 5.32 Å². The maximum atomic E-state index is 11.8. The van der Waals surface area contributed by atoms with Crippen molar-refractivity contribution in [3.05, 3.63) is 56.4 Å². The van der Waals surface area contributed by atoms with Gasteiger partial charge in [0.25, 0.3) is 5.91 Å². The van der Waals surface area contributed by atoms with Crippen LogP contribution in [0, 0.1) is 0 Å². The van der Waals surface area contributed by atoms with Crippen LogP contribution >= 0.6 is 55.7 Å². The van der Waals surface area contributed by atoms with E-state index in [2.05, 4.69) is 42.5 Å². The van der Waals surface area contributed by atoms with Gasteiger partial charge in [0, 0.05) is 14.6 Å². The van der Waals surface area contributed by atoms with E-state index >= 15 is 0 Å². The summed E-state index contributed by atoms with van der Waals surface area (Å²) in [7, 11) is 0. The second-order valence-corrected chi connectivity index (χ2v) is 7.02. The highest BCUT2D eigenvalue weighted by Crippen LogP contribution is 2.27. The van der Waals surface area contributed by atoms with Gasteiger partial charge in [0.2, 0.25) is 0 Å². The number of ether oxygens (including phenoxy) is 1. The second kappa shape index (κ2) is 8.63. The normalized spacial score (nSPS) is 10.0. The van der Waals surface area contributed by atoms with Gasteiger partial charge in [0.05, 0.1) is 5.02 Å². The standard InChI is InChI=1S/C15H11Br2ClN2O2S/c16-9-1-4-11(5-2-9)19-15(23)20-14(21)8-22-13-6-3-10(17)7-12(13)18/h1-7H,8H2,(H2,19,20,21,23). The van der Waals surface area contributed by atoms with Gasteiger partial charge in [-0.3, -0.25) is 10.1 Å². The van der Waals surface area contributed by atoms with Crippen LogP contribution in [0.15, 0.2) is 51.4 Å². The Labute approximate surface area is 160 Å². The Morgan fingerprint density at radius 2 is 1.78 bits per heavy atom. The average Bonchev–Trinajstić information content (AvgIpc) is 2.48. The number of rotatable bonds is 4. The zero-order valence-electron chi connectivity index (χ0n) is 11.6. The molecule has 120 valence electrons. The molecule has 0 unspecified atom stereocenters. The van der Waals surface area contributed by atoms with Crippen LogP contribution in [-0.4, -0.2) is 17.6 Å². The first-order valence-corrected chi connectivity index (χ1v) is 8.75. The van der Waals surface area contributed by atoms with Crippen LogP contribution in [0.5, 0.6) is 5.75 Å². The molecule has 0 fully saturated rings. The van der Waals surface area contributed by atoms with Gasteiger partial charge in [-0.2, -0.15) is 0 Å². The van der Waals surface area contributed by atoms with Crippen LogP contribution < -0.4 is 15.4 Å². The number of carbonyl (C=O) groups is 1. The topological polar surface area (TPSA) is 50.4 Å².